The number of carbonyl (C=O) groups is 1. The highest BCUT2D eigenvalue weighted by atomic mass is 16.7. The molecule has 0 saturated carbocycles. The number of benzene rings is 1. The fraction of sp³-hybridized carbons (Fsp3) is 0.682. The molecule has 4 nitrogen and oxygen atoms in total. The van der Waals surface area contributed by atoms with E-state index in [0.29, 0.717) is 13.2 Å². The number of hydroxylamine groups is 2. The zero-order valence-corrected chi connectivity index (χ0v) is 17.6. The molecule has 0 spiro atoms. The summed E-state index contributed by atoms with van der Waals surface area (Å²) in [5, 5.41) is 2.05. The Hall–Kier alpha value is -1.39. The van der Waals surface area contributed by atoms with Crippen molar-refractivity contribution >= 4 is 5.91 Å². The maximum atomic E-state index is 13.5. The average Bonchev–Trinajstić information content (AvgIpc) is 2.63. The molecular weight excluding hydrogens is 324 g/mol. The predicted octanol–water partition coefficient (Wildman–Crippen LogP) is 4.79. The standard InChI is InChI=1S/C22H36N2O2/c1-8-21(7)19(25)23(20(4,5)6)17-22(9-2,10-3)24(21)26-16-18-14-12-11-13-15-18/h11-15H,8-10,16-17H2,1-7H3. The summed E-state index contributed by atoms with van der Waals surface area (Å²) in [6.45, 7) is 16.1. The normalized spacial score (nSPS) is 24.1. The van der Waals surface area contributed by atoms with E-state index in [9.17, 15) is 4.79 Å². The molecule has 1 atom stereocenters. The van der Waals surface area contributed by atoms with Gasteiger partial charge in [0.1, 0.15) is 5.54 Å². The van der Waals surface area contributed by atoms with E-state index in [4.69, 9.17) is 4.84 Å². The molecule has 0 bridgehead atoms. The van der Waals surface area contributed by atoms with Crippen molar-refractivity contribution in [2.75, 3.05) is 6.54 Å². The molecule has 0 aliphatic carbocycles. The van der Waals surface area contributed by atoms with Crippen LogP contribution in [0.3, 0.4) is 0 Å². The van der Waals surface area contributed by atoms with Crippen molar-refractivity contribution in [3.05, 3.63) is 35.9 Å². The van der Waals surface area contributed by atoms with Crippen LogP contribution >= 0.6 is 0 Å². The van der Waals surface area contributed by atoms with Gasteiger partial charge in [0.2, 0.25) is 5.91 Å². The summed E-state index contributed by atoms with van der Waals surface area (Å²) >= 11 is 0. The van der Waals surface area contributed by atoms with Crippen LogP contribution in [0, 0.1) is 0 Å². The van der Waals surface area contributed by atoms with Crippen molar-refractivity contribution in [2.45, 2.75) is 91.0 Å². The van der Waals surface area contributed by atoms with Gasteiger partial charge in [-0.2, -0.15) is 5.06 Å². The van der Waals surface area contributed by atoms with Crippen LogP contribution in [0.1, 0.15) is 73.3 Å². The van der Waals surface area contributed by atoms with Crippen LogP contribution in [0.5, 0.6) is 0 Å². The molecule has 1 unspecified atom stereocenters. The fourth-order valence-electron chi connectivity index (χ4n) is 3.92. The SMILES string of the molecule is CCC1(CC)CN(C(C)(C)C)C(=O)C(C)(CC)N1OCc1ccccc1. The predicted molar refractivity (Wildman–Crippen MR) is 107 cm³/mol. The highest BCUT2D eigenvalue weighted by Gasteiger charge is 2.57. The summed E-state index contributed by atoms with van der Waals surface area (Å²) in [5.41, 5.74) is 0.0829. The Bertz CT molecular complexity index is 604. The quantitative estimate of drug-likeness (QED) is 0.731. The fourth-order valence-corrected chi connectivity index (χ4v) is 3.92. The van der Waals surface area contributed by atoms with Crippen molar-refractivity contribution in [3.8, 4) is 0 Å². The number of hydrogen-bond donors (Lipinski definition) is 0. The lowest BCUT2D eigenvalue weighted by Crippen LogP contribution is -2.75. The molecule has 1 aliphatic rings. The van der Waals surface area contributed by atoms with Gasteiger partial charge in [-0.1, -0.05) is 51.1 Å². The largest absolute Gasteiger partial charge is 0.334 e. The summed E-state index contributed by atoms with van der Waals surface area (Å²) in [6.07, 6.45) is 2.59. The van der Waals surface area contributed by atoms with Crippen LogP contribution in [0.4, 0.5) is 0 Å². The molecule has 0 N–H and O–H groups in total. The van der Waals surface area contributed by atoms with Gasteiger partial charge in [0, 0.05) is 12.1 Å². The van der Waals surface area contributed by atoms with Gasteiger partial charge in [0.25, 0.3) is 0 Å². The maximum Gasteiger partial charge on any atom is 0.245 e. The Morgan fingerprint density at radius 3 is 2.08 bits per heavy atom. The Balaban J connectivity index is 2.42. The number of rotatable bonds is 6. The third-order valence-electron chi connectivity index (χ3n) is 6.05. The zero-order valence-electron chi connectivity index (χ0n) is 17.6. The summed E-state index contributed by atoms with van der Waals surface area (Å²) in [6, 6.07) is 10.2. The Labute approximate surface area is 159 Å². The molecule has 1 amide bonds. The summed E-state index contributed by atoms with van der Waals surface area (Å²) in [5.74, 6) is 0.165. The first-order chi connectivity index (χ1) is 12.1. The Morgan fingerprint density at radius 2 is 1.62 bits per heavy atom. The van der Waals surface area contributed by atoms with E-state index >= 15 is 0 Å². The maximum absolute atomic E-state index is 13.5. The molecule has 1 aromatic carbocycles. The van der Waals surface area contributed by atoms with E-state index < -0.39 is 5.54 Å². The van der Waals surface area contributed by atoms with Gasteiger partial charge < -0.3 is 4.90 Å². The van der Waals surface area contributed by atoms with E-state index in [1.54, 1.807) is 0 Å². The van der Waals surface area contributed by atoms with Crippen molar-refractivity contribution in [1.82, 2.24) is 9.96 Å². The lowest BCUT2D eigenvalue weighted by atomic mass is 9.79. The molecule has 0 aromatic heterocycles. The number of carbonyl (C=O) groups excluding carboxylic acids is 1. The average molecular weight is 361 g/mol. The van der Waals surface area contributed by atoms with Crippen LogP contribution in [0.2, 0.25) is 0 Å². The topological polar surface area (TPSA) is 32.8 Å². The number of piperazine rings is 1. The molecule has 1 saturated heterocycles. The van der Waals surface area contributed by atoms with Crippen LogP contribution in [0.25, 0.3) is 0 Å². The monoisotopic (exact) mass is 360 g/mol. The minimum atomic E-state index is -0.660. The second kappa shape index (κ2) is 7.69. The minimum Gasteiger partial charge on any atom is -0.334 e. The van der Waals surface area contributed by atoms with E-state index in [1.165, 1.54) is 0 Å². The third-order valence-corrected chi connectivity index (χ3v) is 6.05. The Morgan fingerprint density at radius 1 is 1.04 bits per heavy atom. The molecule has 26 heavy (non-hydrogen) atoms. The highest BCUT2D eigenvalue weighted by Crippen LogP contribution is 2.42. The molecule has 1 heterocycles. The van der Waals surface area contributed by atoms with Gasteiger partial charge in [-0.25, -0.2) is 0 Å². The van der Waals surface area contributed by atoms with Crippen LogP contribution in [0.15, 0.2) is 30.3 Å². The van der Waals surface area contributed by atoms with Crippen LogP contribution in [-0.2, 0) is 16.2 Å². The molecule has 1 fully saturated rings. The van der Waals surface area contributed by atoms with Gasteiger partial charge in [0.05, 0.1) is 12.1 Å². The van der Waals surface area contributed by atoms with Gasteiger partial charge >= 0.3 is 0 Å². The van der Waals surface area contributed by atoms with E-state index in [2.05, 4.69) is 63.6 Å². The van der Waals surface area contributed by atoms with Crippen molar-refractivity contribution in [1.29, 1.82) is 0 Å². The van der Waals surface area contributed by atoms with Crippen molar-refractivity contribution < 1.29 is 9.63 Å². The molecule has 0 radical (unpaired) electrons. The summed E-state index contributed by atoms with van der Waals surface area (Å²) in [4.78, 5) is 21.9. The lowest BCUT2D eigenvalue weighted by molar-refractivity contribution is -0.303. The molecule has 1 aliphatic heterocycles. The first-order valence-corrected chi connectivity index (χ1v) is 9.94. The van der Waals surface area contributed by atoms with Gasteiger partial charge in [0.15, 0.2) is 0 Å². The second-order valence-electron chi connectivity index (χ2n) is 8.67. The summed E-state index contributed by atoms with van der Waals surface area (Å²) in [7, 11) is 0. The molecule has 2 rings (SSSR count). The van der Waals surface area contributed by atoms with Gasteiger partial charge in [-0.15, -0.1) is 0 Å². The van der Waals surface area contributed by atoms with E-state index in [1.807, 2.05) is 25.1 Å². The molecule has 1 aromatic rings. The highest BCUT2D eigenvalue weighted by molar-refractivity contribution is 5.87. The molecular formula is C22H36N2O2. The second-order valence-corrected chi connectivity index (χ2v) is 8.67. The smallest absolute Gasteiger partial charge is 0.245 e. The number of hydrogen-bond acceptors (Lipinski definition) is 3. The van der Waals surface area contributed by atoms with Gasteiger partial charge in [-0.3, -0.25) is 9.63 Å². The van der Waals surface area contributed by atoms with E-state index in [-0.39, 0.29) is 17.0 Å². The van der Waals surface area contributed by atoms with Crippen molar-refractivity contribution in [2.24, 2.45) is 0 Å². The number of amides is 1. The van der Waals surface area contributed by atoms with Crippen LogP contribution in [-0.4, -0.2) is 39.0 Å². The van der Waals surface area contributed by atoms with Crippen molar-refractivity contribution in [3.63, 3.8) is 0 Å². The summed E-state index contributed by atoms with van der Waals surface area (Å²) < 4.78 is 0. The number of nitrogens with zero attached hydrogens (tertiary/aromatic N) is 2. The lowest BCUT2D eigenvalue weighted by Gasteiger charge is -2.59. The third kappa shape index (κ3) is 3.67. The zero-order chi connectivity index (χ0) is 19.6. The molecule has 146 valence electrons. The first kappa shape index (κ1) is 20.9. The van der Waals surface area contributed by atoms with E-state index in [0.717, 1.165) is 24.8 Å². The first-order valence-electron chi connectivity index (χ1n) is 9.94. The Kier molecular flexibility index (Phi) is 6.19. The molecule has 4 heteroatoms. The van der Waals surface area contributed by atoms with Gasteiger partial charge in [-0.05, 0) is 52.5 Å². The minimum absolute atomic E-state index is 0.165. The van der Waals surface area contributed by atoms with Crippen LogP contribution < -0.4 is 0 Å².